The number of sulfonamides is 3. The predicted molar refractivity (Wildman–Crippen MR) is 336 cm³/mol. The number of benzene rings is 6. The number of amides is 6. The number of aryl methyl sites for hydroxylation is 1. The summed E-state index contributed by atoms with van der Waals surface area (Å²) in [6, 6.07) is 48.2. The van der Waals surface area contributed by atoms with Gasteiger partial charge in [0.05, 0.1) is 14.7 Å². The molecule has 6 aromatic carbocycles. The number of halogens is 1. The Morgan fingerprint density at radius 2 is 0.686 bits per heavy atom. The molecule has 6 amide bonds. The second kappa shape index (κ2) is 38.2. The molecule has 6 aromatic rings. The van der Waals surface area contributed by atoms with Gasteiger partial charge in [-0.3, -0.25) is 38.9 Å². The SMILES string of the molecule is CC(C)C(=O)Cc1ccccc1.CC(C)C(=O)NC(=O)c1ccccc1.CC(C)C(=O)NCc1ccccc1.CC(C)C(=O)NS(=O)(=O)c1ccc(Cl)cc1.CC(C)C(=O)NS(=O)(=O)c1ccccc1.Cc1ccc(S(=O)(=O)NC(=O)C(C)C)cc1. The Labute approximate surface area is 513 Å². The summed E-state index contributed by atoms with van der Waals surface area (Å²) in [5.74, 6) is -2.80. The minimum Gasteiger partial charge on any atom is -0.352 e. The van der Waals surface area contributed by atoms with Gasteiger partial charge in [-0.1, -0.05) is 209 Å². The van der Waals surface area contributed by atoms with E-state index in [0.29, 0.717) is 29.3 Å². The molecule has 86 heavy (non-hydrogen) atoms. The summed E-state index contributed by atoms with van der Waals surface area (Å²) in [6.45, 7) is 23.4. The summed E-state index contributed by atoms with van der Waals surface area (Å²) in [7, 11) is -11.2. The molecule has 0 fully saturated rings. The van der Waals surface area contributed by atoms with Crippen LogP contribution in [0.4, 0.5) is 0 Å². The second-order valence-corrected chi connectivity index (χ2v) is 26.4. The maximum absolute atomic E-state index is 11.7. The molecular weight excluding hydrogens is 1180 g/mol. The summed E-state index contributed by atoms with van der Waals surface area (Å²) in [5.41, 5.74) is 3.71. The number of carbonyl (C=O) groups is 7. The number of hydrogen-bond donors (Lipinski definition) is 5. The Morgan fingerprint density at radius 1 is 0.372 bits per heavy atom. The molecule has 0 spiro atoms. The fourth-order valence-electron chi connectivity index (χ4n) is 5.77. The van der Waals surface area contributed by atoms with Gasteiger partial charge in [-0.15, -0.1) is 0 Å². The van der Waals surface area contributed by atoms with E-state index < -0.39 is 47.8 Å². The molecule has 0 aliphatic heterocycles. The lowest BCUT2D eigenvalue weighted by atomic mass is 10.0. The van der Waals surface area contributed by atoms with Gasteiger partial charge in [-0.25, -0.2) is 39.4 Å². The van der Waals surface area contributed by atoms with E-state index in [-0.39, 0.29) is 67.9 Å². The Balaban J connectivity index is 0.000000517. The molecule has 0 heterocycles. The Kier molecular flexibility index (Phi) is 33.9. The van der Waals surface area contributed by atoms with Crippen LogP contribution in [0.2, 0.25) is 5.02 Å². The molecule has 0 aliphatic carbocycles. The van der Waals surface area contributed by atoms with Crippen LogP contribution in [0.25, 0.3) is 0 Å². The van der Waals surface area contributed by atoms with E-state index in [1.807, 2.05) is 116 Å². The number of imide groups is 1. The van der Waals surface area contributed by atoms with Crippen molar-refractivity contribution in [3.63, 3.8) is 0 Å². The molecule has 0 aliphatic rings. The molecule has 5 N–H and O–H groups in total. The van der Waals surface area contributed by atoms with Crippen LogP contribution in [0.1, 0.15) is 110 Å². The topological polar surface area (TPSA) is 282 Å². The van der Waals surface area contributed by atoms with Gasteiger partial charge in [-0.2, -0.15) is 0 Å². The number of rotatable bonds is 17. The highest BCUT2D eigenvalue weighted by atomic mass is 35.5. The van der Waals surface area contributed by atoms with Crippen LogP contribution >= 0.6 is 11.6 Å². The molecule has 0 unspecified atom stereocenters. The average molecular weight is 1260 g/mol. The van der Waals surface area contributed by atoms with Crippen molar-refractivity contribution >= 4 is 82.9 Å². The number of carbonyl (C=O) groups excluding carboxylic acids is 7. The first-order chi connectivity index (χ1) is 40.1. The smallest absolute Gasteiger partial charge is 0.264 e. The van der Waals surface area contributed by atoms with Gasteiger partial charge in [0, 0.05) is 59.1 Å². The molecule has 6 rings (SSSR count). The largest absolute Gasteiger partial charge is 0.352 e. The lowest BCUT2D eigenvalue weighted by Crippen LogP contribution is -2.33. The third-order valence-corrected chi connectivity index (χ3v) is 15.6. The zero-order valence-electron chi connectivity index (χ0n) is 51.0. The predicted octanol–water partition coefficient (Wildman–Crippen LogP) is 10.4. The van der Waals surface area contributed by atoms with E-state index in [1.54, 1.807) is 110 Å². The lowest BCUT2D eigenvalue weighted by molar-refractivity contribution is -0.124. The summed E-state index contributed by atoms with van der Waals surface area (Å²) >= 11 is 5.64. The quantitative estimate of drug-likeness (QED) is 0.0569. The van der Waals surface area contributed by atoms with Crippen molar-refractivity contribution in [2.75, 3.05) is 0 Å². The van der Waals surface area contributed by atoms with Gasteiger partial charge in [-0.05, 0) is 78.7 Å². The molecular formula is C64H82ClN5O13S3. The molecule has 466 valence electrons. The second-order valence-electron chi connectivity index (χ2n) is 20.9. The minimum atomic E-state index is -3.78. The number of nitrogens with one attached hydrogen (secondary N) is 5. The third-order valence-electron chi connectivity index (χ3n) is 11.3. The number of ketones is 1. The van der Waals surface area contributed by atoms with Crippen LogP contribution in [-0.4, -0.2) is 66.5 Å². The van der Waals surface area contributed by atoms with E-state index in [1.165, 1.54) is 48.5 Å². The van der Waals surface area contributed by atoms with Gasteiger partial charge in [0.2, 0.25) is 29.5 Å². The third kappa shape index (κ3) is 30.8. The highest BCUT2D eigenvalue weighted by Crippen LogP contribution is 2.15. The van der Waals surface area contributed by atoms with Gasteiger partial charge in [0.15, 0.2) is 0 Å². The number of hydrogen-bond acceptors (Lipinski definition) is 13. The van der Waals surface area contributed by atoms with E-state index >= 15 is 0 Å². The van der Waals surface area contributed by atoms with Crippen molar-refractivity contribution in [2.45, 2.75) is 118 Å². The maximum atomic E-state index is 11.7. The van der Waals surface area contributed by atoms with Gasteiger partial charge >= 0.3 is 0 Å². The first kappa shape index (κ1) is 76.2. The highest BCUT2D eigenvalue weighted by molar-refractivity contribution is 7.90. The molecule has 0 radical (unpaired) electrons. The van der Waals surface area contributed by atoms with Gasteiger partial charge < -0.3 is 5.32 Å². The normalized spacial score (nSPS) is 10.8. The molecule has 0 saturated heterocycles. The molecule has 0 aromatic heterocycles. The summed E-state index contributed by atoms with van der Waals surface area (Å²) < 4.78 is 76.1. The van der Waals surface area contributed by atoms with Crippen LogP contribution in [0.5, 0.6) is 0 Å². The van der Waals surface area contributed by atoms with Crippen LogP contribution in [0, 0.1) is 42.4 Å². The molecule has 18 nitrogen and oxygen atoms in total. The minimum absolute atomic E-state index is 0.0194. The summed E-state index contributed by atoms with van der Waals surface area (Å²) in [5, 5.41) is 5.62. The van der Waals surface area contributed by atoms with Gasteiger partial charge in [0.25, 0.3) is 36.0 Å². The molecule has 22 heteroatoms. The van der Waals surface area contributed by atoms with Crippen molar-refractivity contribution in [2.24, 2.45) is 35.5 Å². The van der Waals surface area contributed by atoms with E-state index in [9.17, 15) is 58.8 Å². The summed E-state index contributed by atoms with van der Waals surface area (Å²) in [4.78, 5) is 79.2. The zero-order chi connectivity index (χ0) is 65.4. The van der Waals surface area contributed by atoms with E-state index in [4.69, 9.17) is 11.6 Å². The van der Waals surface area contributed by atoms with Crippen molar-refractivity contribution in [3.8, 4) is 0 Å². The lowest BCUT2D eigenvalue weighted by Gasteiger charge is -2.08. The Hall–Kier alpha value is -7.85. The molecule has 0 bridgehead atoms. The zero-order valence-corrected chi connectivity index (χ0v) is 54.2. The van der Waals surface area contributed by atoms with Crippen molar-refractivity contribution in [1.29, 1.82) is 0 Å². The monoisotopic (exact) mass is 1260 g/mol. The molecule has 0 saturated carbocycles. The first-order valence-corrected chi connectivity index (χ1v) is 32.3. The maximum Gasteiger partial charge on any atom is 0.264 e. The van der Waals surface area contributed by atoms with Crippen LogP contribution in [-0.2, 0) is 71.8 Å². The van der Waals surface area contributed by atoms with Crippen molar-refractivity contribution in [3.05, 3.63) is 197 Å². The average Bonchev–Trinajstić information content (AvgIpc) is 3.06. The summed E-state index contributed by atoms with van der Waals surface area (Å²) in [6.07, 6.45) is 0.568. The first-order valence-electron chi connectivity index (χ1n) is 27.5. The number of Topliss-reactive ketones (excluding diaryl/α,β-unsaturated/α-hetero) is 1. The fourth-order valence-corrected chi connectivity index (χ4v) is 9.25. The standard InChI is InChI=1S/C11H15NO3S.C11H13NO2.C11H15NO.C11H14O.C10H12ClNO3S.C10H13NO3S/c1-8(2)11(13)12-16(14,15)10-6-4-9(3)5-7-10;1-8(2)10(13)12-11(14)9-6-4-3-5-7-9;1-9(2)11(13)12-8-10-6-4-3-5-7-10;1-9(2)11(12)8-10-6-4-3-5-7-10;1-7(2)10(13)12-16(14,15)9-5-3-8(11)4-6-9;1-8(2)10(12)11-15(13,14)9-6-4-3-5-7-9/h4-8H,1-3H3,(H,12,13);3-8H,1-2H3,(H,12,13,14);3-7,9H,8H2,1-2H3,(H,12,13);3-7,9H,8H2,1-2H3;3-7H,1-2H3,(H,12,13);3-8H,1-2H3,(H,11,12). The Morgan fingerprint density at radius 3 is 1.03 bits per heavy atom. The highest BCUT2D eigenvalue weighted by Gasteiger charge is 2.21. The van der Waals surface area contributed by atoms with Crippen LogP contribution in [0.3, 0.4) is 0 Å². The van der Waals surface area contributed by atoms with Crippen molar-refractivity contribution < 1.29 is 58.8 Å². The van der Waals surface area contributed by atoms with Crippen LogP contribution in [0.15, 0.2) is 185 Å². The van der Waals surface area contributed by atoms with Gasteiger partial charge in [0.1, 0.15) is 5.78 Å². The van der Waals surface area contributed by atoms with Crippen molar-refractivity contribution in [1.82, 2.24) is 24.8 Å². The van der Waals surface area contributed by atoms with Crippen LogP contribution < -0.4 is 24.8 Å². The molecule has 0 atom stereocenters. The van der Waals surface area contributed by atoms with E-state index in [2.05, 4.69) is 10.6 Å². The fraction of sp³-hybridized carbons (Fsp3) is 0.328. The van der Waals surface area contributed by atoms with E-state index in [0.717, 1.165) is 16.7 Å². The Bertz CT molecular complexity index is 3330.